The lowest BCUT2D eigenvalue weighted by atomic mass is 9.80. The number of aliphatic hydroxyl groups excluding tert-OH is 1. The van der Waals surface area contributed by atoms with Crippen LogP contribution in [0.1, 0.15) is 28.5 Å². The third-order valence-corrected chi connectivity index (χ3v) is 4.71. The third kappa shape index (κ3) is 1.98. The molecule has 1 atom stereocenters. The summed E-state index contributed by atoms with van der Waals surface area (Å²) < 4.78 is 0. The van der Waals surface area contributed by atoms with Gasteiger partial charge in [-0.2, -0.15) is 0 Å². The van der Waals surface area contributed by atoms with Crippen molar-refractivity contribution in [2.75, 3.05) is 6.61 Å². The molecule has 1 heteroatoms. The molecule has 0 bridgehead atoms. The minimum atomic E-state index is 0.0889. The maximum atomic E-state index is 10.1. The highest BCUT2D eigenvalue weighted by atomic mass is 16.3. The van der Waals surface area contributed by atoms with Crippen molar-refractivity contribution in [3.8, 4) is 11.1 Å². The van der Waals surface area contributed by atoms with Gasteiger partial charge in [-0.3, -0.25) is 0 Å². The van der Waals surface area contributed by atoms with Crippen molar-refractivity contribution >= 4 is 0 Å². The normalized spacial score (nSPS) is 14.4. The highest BCUT2D eigenvalue weighted by molar-refractivity contribution is 5.79. The van der Waals surface area contributed by atoms with Crippen LogP contribution in [0.25, 0.3) is 11.1 Å². The van der Waals surface area contributed by atoms with Gasteiger partial charge in [0.1, 0.15) is 0 Å². The number of aliphatic hydroxyl groups is 1. The molecule has 1 nitrogen and oxygen atoms in total. The molecule has 4 rings (SSSR count). The molecule has 0 fully saturated rings. The summed E-state index contributed by atoms with van der Waals surface area (Å²) in [7, 11) is 0. The average molecular weight is 286 g/mol. The maximum Gasteiger partial charge on any atom is 0.0508 e. The summed E-state index contributed by atoms with van der Waals surface area (Å²) in [5.41, 5.74) is 6.45. The largest absolute Gasteiger partial charge is 0.396 e. The number of fused-ring (bicyclic) bond motifs is 3. The Hall–Kier alpha value is -2.38. The van der Waals surface area contributed by atoms with E-state index in [1.54, 1.807) is 0 Å². The van der Waals surface area contributed by atoms with Crippen molar-refractivity contribution in [1.82, 2.24) is 0 Å². The molecule has 0 amide bonds. The van der Waals surface area contributed by atoms with Crippen molar-refractivity contribution in [2.24, 2.45) is 0 Å². The monoisotopic (exact) mass is 286 g/mol. The molecule has 1 N–H and O–H groups in total. The lowest BCUT2D eigenvalue weighted by Crippen LogP contribution is -2.14. The van der Waals surface area contributed by atoms with Crippen molar-refractivity contribution in [1.29, 1.82) is 0 Å². The first-order chi connectivity index (χ1) is 10.9. The number of rotatable bonds is 3. The van der Waals surface area contributed by atoms with E-state index in [0.717, 1.165) is 0 Å². The first kappa shape index (κ1) is 13.3. The summed E-state index contributed by atoms with van der Waals surface area (Å²) in [6.45, 7) is 0.150. The fraction of sp³-hybridized carbons (Fsp3) is 0.143. The predicted molar refractivity (Wildman–Crippen MR) is 90.0 cm³/mol. The van der Waals surface area contributed by atoms with E-state index < -0.39 is 0 Å². The molecular formula is C21H18O. The summed E-state index contributed by atoms with van der Waals surface area (Å²) in [6.07, 6.45) is 0. The van der Waals surface area contributed by atoms with Crippen LogP contribution >= 0.6 is 0 Å². The minimum absolute atomic E-state index is 0.0889. The highest BCUT2D eigenvalue weighted by Crippen LogP contribution is 2.50. The molecule has 1 aliphatic carbocycles. The molecule has 3 aromatic rings. The predicted octanol–water partition coefficient (Wildman–Crippen LogP) is 4.58. The van der Waals surface area contributed by atoms with Crippen LogP contribution in [0.15, 0.2) is 78.9 Å². The van der Waals surface area contributed by atoms with Crippen LogP contribution in [-0.4, -0.2) is 11.7 Å². The van der Waals surface area contributed by atoms with E-state index in [0.29, 0.717) is 0 Å². The van der Waals surface area contributed by atoms with Gasteiger partial charge in [-0.05, 0) is 27.8 Å². The quantitative estimate of drug-likeness (QED) is 0.747. The Morgan fingerprint density at radius 3 is 1.73 bits per heavy atom. The van der Waals surface area contributed by atoms with Crippen LogP contribution in [0.3, 0.4) is 0 Å². The fourth-order valence-electron chi connectivity index (χ4n) is 3.73. The first-order valence-electron chi connectivity index (χ1n) is 7.74. The number of benzene rings is 3. The molecule has 0 unspecified atom stereocenters. The minimum Gasteiger partial charge on any atom is -0.396 e. The average Bonchev–Trinajstić information content (AvgIpc) is 2.92. The van der Waals surface area contributed by atoms with Crippen LogP contribution in [0.2, 0.25) is 0 Å². The molecule has 108 valence electrons. The van der Waals surface area contributed by atoms with E-state index in [2.05, 4.69) is 60.7 Å². The smallest absolute Gasteiger partial charge is 0.0508 e. The Morgan fingerprint density at radius 2 is 1.18 bits per heavy atom. The van der Waals surface area contributed by atoms with Crippen LogP contribution in [0.5, 0.6) is 0 Å². The van der Waals surface area contributed by atoms with Crippen molar-refractivity contribution in [3.63, 3.8) is 0 Å². The van der Waals surface area contributed by atoms with Gasteiger partial charge < -0.3 is 5.11 Å². The van der Waals surface area contributed by atoms with Gasteiger partial charge in [0.15, 0.2) is 0 Å². The Kier molecular flexibility index (Phi) is 3.28. The molecule has 0 aromatic heterocycles. The second-order valence-corrected chi connectivity index (χ2v) is 5.85. The number of hydrogen-bond acceptors (Lipinski definition) is 1. The first-order valence-corrected chi connectivity index (χ1v) is 7.74. The maximum absolute atomic E-state index is 10.1. The van der Waals surface area contributed by atoms with Crippen molar-refractivity contribution in [2.45, 2.75) is 11.8 Å². The van der Waals surface area contributed by atoms with Crippen molar-refractivity contribution in [3.05, 3.63) is 95.6 Å². The Bertz CT molecular complexity index is 746. The van der Waals surface area contributed by atoms with E-state index >= 15 is 0 Å². The molecule has 0 spiro atoms. The van der Waals surface area contributed by atoms with Crippen LogP contribution in [0, 0.1) is 0 Å². The zero-order valence-electron chi connectivity index (χ0n) is 12.3. The molecule has 22 heavy (non-hydrogen) atoms. The van der Waals surface area contributed by atoms with Crippen LogP contribution in [0.4, 0.5) is 0 Å². The molecule has 0 saturated carbocycles. The van der Waals surface area contributed by atoms with E-state index in [-0.39, 0.29) is 18.4 Å². The van der Waals surface area contributed by atoms with E-state index in [1.165, 1.54) is 27.8 Å². The Balaban J connectivity index is 1.91. The van der Waals surface area contributed by atoms with Crippen LogP contribution < -0.4 is 0 Å². The molecular weight excluding hydrogens is 268 g/mol. The van der Waals surface area contributed by atoms with Crippen LogP contribution in [-0.2, 0) is 0 Å². The van der Waals surface area contributed by atoms with E-state index in [1.807, 2.05) is 18.2 Å². The zero-order chi connectivity index (χ0) is 14.9. The Labute approximate surface area is 130 Å². The Morgan fingerprint density at radius 1 is 0.682 bits per heavy atom. The number of hydrogen-bond donors (Lipinski definition) is 1. The van der Waals surface area contributed by atoms with Gasteiger partial charge in [0.2, 0.25) is 0 Å². The van der Waals surface area contributed by atoms with Gasteiger partial charge in [0, 0.05) is 11.8 Å². The summed E-state index contributed by atoms with van der Waals surface area (Å²) >= 11 is 0. The molecule has 0 saturated heterocycles. The second kappa shape index (κ2) is 5.43. The summed E-state index contributed by atoms with van der Waals surface area (Å²) in [5, 5.41) is 10.1. The van der Waals surface area contributed by atoms with Gasteiger partial charge >= 0.3 is 0 Å². The molecule has 1 aliphatic rings. The van der Waals surface area contributed by atoms with Crippen molar-refractivity contribution < 1.29 is 5.11 Å². The molecule has 0 heterocycles. The SMILES string of the molecule is OC[C@@H](c1ccccc1)C1c2ccccc2-c2ccccc21. The summed E-state index contributed by atoms with van der Waals surface area (Å²) in [6, 6.07) is 27.5. The van der Waals surface area contributed by atoms with E-state index in [4.69, 9.17) is 0 Å². The topological polar surface area (TPSA) is 20.2 Å². The van der Waals surface area contributed by atoms with Gasteiger partial charge in [-0.1, -0.05) is 78.9 Å². The molecule has 0 aliphatic heterocycles. The molecule has 0 radical (unpaired) electrons. The second-order valence-electron chi connectivity index (χ2n) is 5.85. The van der Waals surface area contributed by atoms with E-state index in [9.17, 15) is 5.11 Å². The van der Waals surface area contributed by atoms with Gasteiger partial charge in [0.25, 0.3) is 0 Å². The fourth-order valence-corrected chi connectivity index (χ4v) is 3.73. The lowest BCUT2D eigenvalue weighted by Gasteiger charge is -2.24. The summed E-state index contributed by atoms with van der Waals surface area (Å²) in [5.74, 6) is 0.311. The highest BCUT2D eigenvalue weighted by Gasteiger charge is 2.34. The standard InChI is InChI=1S/C21H18O/c22-14-20(15-8-2-1-3-9-15)21-18-12-6-4-10-16(18)17-11-5-7-13-19(17)21/h1-13,20-22H,14H2/t20-/m0/s1. The lowest BCUT2D eigenvalue weighted by molar-refractivity contribution is 0.256. The van der Waals surface area contributed by atoms with Gasteiger partial charge in [-0.15, -0.1) is 0 Å². The summed E-state index contributed by atoms with van der Waals surface area (Å²) in [4.78, 5) is 0. The van der Waals surface area contributed by atoms with Gasteiger partial charge in [-0.25, -0.2) is 0 Å². The molecule has 3 aromatic carbocycles. The van der Waals surface area contributed by atoms with Gasteiger partial charge in [0.05, 0.1) is 6.61 Å². The zero-order valence-corrected chi connectivity index (χ0v) is 12.3. The third-order valence-electron chi connectivity index (χ3n) is 4.71.